The molecule has 2 fully saturated rings. The largest absolute Gasteiger partial charge is 0.248 e. The Balaban J connectivity index is 1.57. The highest BCUT2D eigenvalue weighted by Gasteiger charge is 2.36. The van der Waals surface area contributed by atoms with Gasteiger partial charge in [-0.3, -0.25) is 0 Å². The van der Waals surface area contributed by atoms with Gasteiger partial charge in [-0.2, -0.15) is 0 Å². The molecule has 0 bridgehead atoms. The van der Waals surface area contributed by atoms with Crippen molar-refractivity contribution in [2.75, 3.05) is 0 Å². The molecule has 2 aliphatic rings. The number of benzene rings is 1. The fourth-order valence-electron chi connectivity index (χ4n) is 5.47. The van der Waals surface area contributed by atoms with E-state index in [2.05, 4.69) is 62.0 Å². The molecule has 1 aromatic heterocycles. The van der Waals surface area contributed by atoms with Crippen molar-refractivity contribution in [2.45, 2.75) is 88.9 Å². The molecule has 156 valence electrons. The highest BCUT2D eigenvalue weighted by molar-refractivity contribution is 5.62. The van der Waals surface area contributed by atoms with Gasteiger partial charge < -0.3 is 0 Å². The molecule has 0 N–H and O–H groups in total. The van der Waals surface area contributed by atoms with Crippen LogP contribution in [0.4, 0.5) is 8.78 Å². The molecule has 0 saturated heterocycles. The van der Waals surface area contributed by atoms with Crippen LogP contribution in [0.25, 0.3) is 11.3 Å². The van der Waals surface area contributed by atoms with Crippen LogP contribution in [0.3, 0.4) is 0 Å². The third-order valence-corrected chi connectivity index (χ3v) is 7.50. The van der Waals surface area contributed by atoms with Crippen molar-refractivity contribution < 1.29 is 13.3 Å². The summed E-state index contributed by atoms with van der Waals surface area (Å²) in [6.07, 6.45) is 9.96. The standard InChI is InChI=1S/C26H34F2N/c1-19-17-22(25(2)13-5-4-6-14-25)8-9-23(19)24-10-7-21(18-29(24)3)20-11-15-26(27,28)16-12-20/h7-10,17-18,20H,4-6,11-16H2,1-3H3/q+1. The molecule has 0 radical (unpaired) electrons. The minimum atomic E-state index is -2.47. The van der Waals surface area contributed by atoms with Gasteiger partial charge >= 0.3 is 0 Å². The number of nitrogens with zero attached hydrogens (tertiary/aromatic N) is 1. The molecule has 0 amide bonds. The molecule has 2 aromatic rings. The first-order valence-electron chi connectivity index (χ1n) is 11.3. The van der Waals surface area contributed by atoms with E-state index < -0.39 is 5.92 Å². The second kappa shape index (κ2) is 7.81. The number of pyridine rings is 1. The number of alkyl halides is 2. The number of hydrogen-bond acceptors (Lipinski definition) is 0. The van der Waals surface area contributed by atoms with Gasteiger partial charge in [0.1, 0.15) is 7.05 Å². The van der Waals surface area contributed by atoms with Crippen LogP contribution in [0.5, 0.6) is 0 Å². The lowest BCUT2D eigenvalue weighted by Gasteiger charge is -2.34. The molecule has 1 nitrogen and oxygen atoms in total. The molecule has 2 aliphatic carbocycles. The average molecular weight is 399 g/mol. The van der Waals surface area contributed by atoms with Gasteiger partial charge in [0, 0.05) is 30.0 Å². The topological polar surface area (TPSA) is 3.88 Å². The molecule has 0 spiro atoms. The Morgan fingerprint density at radius 3 is 2.24 bits per heavy atom. The van der Waals surface area contributed by atoms with Crippen LogP contribution < -0.4 is 4.57 Å². The molecule has 4 rings (SSSR count). The van der Waals surface area contributed by atoms with Crippen molar-refractivity contribution in [3.8, 4) is 11.3 Å². The van der Waals surface area contributed by atoms with Gasteiger partial charge in [-0.25, -0.2) is 13.3 Å². The Bertz CT molecular complexity index is 870. The van der Waals surface area contributed by atoms with E-state index >= 15 is 0 Å². The monoisotopic (exact) mass is 398 g/mol. The molecular weight excluding hydrogens is 364 g/mol. The quantitative estimate of drug-likeness (QED) is 0.490. The number of halogens is 2. The SMILES string of the molecule is Cc1cc(C2(C)CCCCC2)ccc1-c1ccc(C2CCC(F)(F)CC2)c[n+]1C. The Labute approximate surface area is 174 Å². The predicted octanol–water partition coefficient (Wildman–Crippen LogP) is 7.00. The Kier molecular flexibility index (Phi) is 5.52. The Hall–Kier alpha value is -1.77. The second-order valence-electron chi connectivity index (χ2n) is 9.74. The molecule has 29 heavy (non-hydrogen) atoms. The van der Waals surface area contributed by atoms with Crippen LogP contribution in [-0.4, -0.2) is 5.92 Å². The third-order valence-electron chi connectivity index (χ3n) is 7.50. The van der Waals surface area contributed by atoms with E-state index in [1.165, 1.54) is 60.1 Å². The summed E-state index contributed by atoms with van der Waals surface area (Å²) in [7, 11) is 2.08. The zero-order valence-electron chi connectivity index (χ0n) is 18.1. The summed E-state index contributed by atoms with van der Waals surface area (Å²) in [5, 5.41) is 0. The van der Waals surface area contributed by atoms with E-state index in [9.17, 15) is 8.78 Å². The average Bonchev–Trinajstić information content (AvgIpc) is 2.69. The van der Waals surface area contributed by atoms with Crippen LogP contribution >= 0.6 is 0 Å². The maximum absolute atomic E-state index is 13.5. The van der Waals surface area contributed by atoms with E-state index in [4.69, 9.17) is 0 Å². The number of rotatable bonds is 3. The summed E-state index contributed by atoms with van der Waals surface area (Å²) < 4.78 is 29.2. The summed E-state index contributed by atoms with van der Waals surface area (Å²) in [5.74, 6) is -2.21. The maximum atomic E-state index is 13.5. The molecule has 1 aromatic carbocycles. The summed E-state index contributed by atoms with van der Waals surface area (Å²) in [5.41, 5.74) is 6.74. The van der Waals surface area contributed by atoms with Crippen LogP contribution in [0.15, 0.2) is 36.5 Å². The molecule has 0 atom stereocenters. The first kappa shape index (κ1) is 20.5. The highest BCUT2D eigenvalue weighted by atomic mass is 19.3. The molecule has 1 heterocycles. The van der Waals surface area contributed by atoms with Crippen molar-refractivity contribution in [3.63, 3.8) is 0 Å². The van der Waals surface area contributed by atoms with Gasteiger partial charge in [0.05, 0.1) is 0 Å². The molecule has 2 saturated carbocycles. The molecule has 3 heteroatoms. The van der Waals surface area contributed by atoms with Gasteiger partial charge in [-0.15, -0.1) is 0 Å². The summed E-state index contributed by atoms with van der Waals surface area (Å²) >= 11 is 0. The highest BCUT2D eigenvalue weighted by Crippen LogP contribution is 2.42. The van der Waals surface area contributed by atoms with Crippen molar-refractivity contribution in [1.82, 2.24) is 0 Å². The van der Waals surface area contributed by atoms with Crippen LogP contribution in [0.2, 0.25) is 0 Å². The summed E-state index contributed by atoms with van der Waals surface area (Å²) in [4.78, 5) is 0. The molecular formula is C26H34F2N+. The lowest BCUT2D eigenvalue weighted by Crippen LogP contribution is -2.33. The fourth-order valence-corrected chi connectivity index (χ4v) is 5.47. The number of aromatic nitrogens is 1. The van der Waals surface area contributed by atoms with E-state index in [-0.39, 0.29) is 18.8 Å². The van der Waals surface area contributed by atoms with E-state index in [1.807, 2.05) is 0 Å². The molecule has 0 aliphatic heterocycles. The summed E-state index contributed by atoms with van der Waals surface area (Å²) in [6, 6.07) is 11.3. The van der Waals surface area contributed by atoms with E-state index in [0.29, 0.717) is 18.3 Å². The van der Waals surface area contributed by atoms with Crippen molar-refractivity contribution in [2.24, 2.45) is 7.05 Å². The van der Waals surface area contributed by atoms with Crippen molar-refractivity contribution >= 4 is 0 Å². The van der Waals surface area contributed by atoms with Gasteiger partial charge in [0.2, 0.25) is 11.6 Å². The second-order valence-corrected chi connectivity index (χ2v) is 9.74. The Morgan fingerprint density at radius 1 is 0.931 bits per heavy atom. The van der Waals surface area contributed by atoms with Gasteiger partial charge in [0.15, 0.2) is 6.20 Å². The number of aryl methyl sites for hydroxylation is 2. The van der Waals surface area contributed by atoms with Gasteiger partial charge in [-0.1, -0.05) is 38.3 Å². The Morgan fingerprint density at radius 2 is 1.62 bits per heavy atom. The minimum Gasteiger partial charge on any atom is -0.207 e. The van der Waals surface area contributed by atoms with E-state index in [1.54, 1.807) is 0 Å². The lowest BCUT2D eigenvalue weighted by atomic mass is 9.70. The van der Waals surface area contributed by atoms with E-state index in [0.717, 1.165) is 0 Å². The van der Waals surface area contributed by atoms with Crippen LogP contribution in [-0.2, 0) is 12.5 Å². The predicted molar refractivity (Wildman–Crippen MR) is 114 cm³/mol. The van der Waals surface area contributed by atoms with Crippen molar-refractivity contribution in [1.29, 1.82) is 0 Å². The normalized spacial score (nSPS) is 21.8. The smallest absolute Gasteiger partial charge is 0.207 e. The fraction of sp³-hybridized carbons (Fsp3) is 0.577. The van der Waals surface area contributed by atoms with Crippen molar-refractivity contribution in [3.05, 3.63) is 53.2 Å². The zero-order chi connectivity index (χ0) is 20.6. The van der Waals surface area contributed by atoms with Gasteiger partial charge in [0.25, 0.3) is 0 Å². The molecule has 0 unspecified atom stereocenters. The van der Waals surface area contributed by atoms with Gasteiger partial charge in [-0.05, 0) is 67.2 Å². The van der Waals surface area contributed by atoms with Crippen LogP contribution in [0.1, 0.15) is 87.3 Å². The minimum absolute atomic E-state index is 0.0163. The number of hydrogen-bond donors (Lipinski definition) is 0. The maximum Gasteiger partial charge on any atom is 0.248 e. The lowest BCUT2D eigenvalue weighted by molar-refractivity contribution is -0.660. The first-order chi connectivity index (χ1) is 13.8. The zero-order valence-corrected chi connectivity index (χ0v) is 18.1. The third kappa shape index (κ3) is 4.25. The van der Waals surface area contributed by atoms with Crippen LogP contribution in [0, 0.1) is 6.92 Å². The first-order valence-corrected chi connectivity index (χ1v) is 11.3. The summed E-state index contributed by atoms with van der Waals surface area (Å²) in [6.45, 7) is 4.63.